The fourth-order valence-corrected chi connectivity index (χ4v) is 4.70. The lowest BCUT2D eigenvalue weighted by molar-refractivity contribution is -0.117. The minimum Gasteiger partial charge on any atom is -0.493 e. The molecule has 2 aromatic carbocycles. The van der Waals surface area contributed by atoms with Crippen LogP contribution in [0, 0.1) is 0 Å². The van der Waals surface area contributed by atoms with Crippen LogP contribution in [-0.4, -0.2) is 49.9 Å². The van der Waals surface area contributed by atoms with Crippen molar-refractivity contribution < 1.29 is 23.8 Å². The van der Waals surface area contributed by atoms with Gasteiger partial charge < -0.3 is 19.1 Å². The van der Waals surface area contributed by atoms with E-state index in [1.807, 2.05) is 24.3 Å². The quantitative estimate of drug-likeness (QED) is 0.519. The third-order valence-corrected chi connectivity index (χ3v) is 6.72. The third kappa shape index (κ3) is 4.67. The lowest BCUT2D eigenvalue weighted by Crippen LogP contribution is -2.24. The first-order valence-electron chi connectivity index (χ1n) is 10.8. The van der Waals surface area contributed by atoms with E-state index in [0.29, 0.717) is 45.9 Å². The van der Waals surface area contributed by atoms with Gasteiger partial charge in [-0.3, -0.25) is 14.9 Å². The van der Waals surface area contributed by atoms with E-state index in [1.54, 1.807) is 17.0 Å². The van der Waals surface area contributed by atoms with Crippen LogP contribution in [0.5, 0.6) is 17.2 Å². The Morgan fingerprint density at radius 2 is 1.76 bits per heavy atom. The van der Waals surface area contributed by atoms with Crippen LogP contribution >= 0.6 is 11.3 Å². The average molecular weight is 483 g/mol. The molecule has 0 aliphatic carbocycles. The molecule has 3 aromatic rings. The Bertz CT molecular complexity index is 1170. The van der Waals surface area contributed by atoms with Crippen LogP contribution < -0.4 is 24.4 Å². The van der Waals surface area contributed by atoms with E-state index in [4.69, 9.17) is 14.2 Å². The molecule has 178 valence electrons. The van der Waals surface area contributed by atoms with Crippen molar-refractivity contribution in [2.24, 2.45) is 0 Å². The van der Waals surface area contributed by atoms with Gasteiger partial charge in [0.15, 0.2) is 11.5 Å². The summed E-state index contributed by atoms with van der Waals surface area (Å²) >= 11 is 1.27. The summed E-state index contributed by atoms with van der Waals surface area (Å²) in [5.74, 6) is 0.736. The second-order valence-electron chi connectivity index (χ2n) is 7.74. The molecule has 2 heterocycles. The third-order valence-electron chi connectivity index (χ3n) is 5.72. The van der Waals surface area contributed by atoms with Crippen LogP contribution in [0.2, 0.25) is 0 Å². The largest absolute Gasteiger partial charge is 0.493 e. The number of carbonyl (C=O) groups excluding carboxylic acids is 2. The van der Waals surface area contributed by atoms with Crippen molar-refractivity contribution in [3.63, 3.8) is 0 Å². The summed E-state index contributed by atoms with van der Waals surface area (Å²) in [6.07, 6.45) is 1.30. The van der Waals surface area contributed by atoms with E-state index >= 15 is 0 Å². The summed E-state index contributed by atoms with van der Waals surface area (Å²) in [6.45, 7) is 2.62. The highest BCUT2D eigenvalue weighted by atomic mass is 32.1. The SMILES string of the molecule is CCc1ccc(N2C[C@H](c3nnc(NC(=O)c4cc(OC)c(OC)c(OC)c4)s3)CC2=O)cc1. The Morgan fingerprint density at radius 3 is 2.35 bits per heavy atom. The number of methoxy groups -OCH3 is 3. The molecule has 0 bridgehead atoms. The predicted molar refractivity (Wildman–Crippen MR) is 129 cm³/mol. The molecule has 10 heteroatoms. The van der Waals surface area contributed by atoms with Gasteiger partial charge in [-0.25, -0.2) is 0 Å². The maximum atomic E-state index is 12.8. The Kier molecular flexibility index (Phi) is 6.97. The van der Waals surface area contributed by atoms with E-state index in [2.05, 4.69) is 22.4 Å². The van der Waals surface area contributed by atoms with Crippen molar-refractivity contribution >= 4 is 34.0 Å². The number of ether oxygens (including phenoxy) is 3. The van der Waals surface area contributed by atoms with Crippen molar-refractivity contribution in [3.05, 3.63) is 52.5 Å². The van der Waals surface area contributed by atoms with E-state index in [1.165, 1.54) is 38.2 Å². The normalized spacial score (nSPS) is 15.4. The maximum Gasteiger partial charge on any atom is 0.257 e. The number of aromatic nitrogens is 2. The summed E-state index contributed by atoms with van der Waals surface area (Å²) in [5, 5.41) is 12.2. The van der Waals surface area contributed by atoms with Crippen molar-refractivity contribution in [3.8, 4) is 17.2 Å². The first kappa shape index (κ1) is 23.5. The number of anilines is 2. The van der Waals surface area contributed by atoms with Gasteiger partial charge in [-0.05, 0) is 36.2 Å². The maximum absolute atomic E-state index is 12.8. The highest BCUT2D eigenvalue weighted by molar-refractivity contribution is 7.15. The summed E-state index contributed by atoms with van der Waals surface area (Å²) < 4.78 is 15.9. The zero-order valence-corrected chi connectivity index (χ0v) is 20.3. The molecule has 0 unspecified atom stereocenters. The molecule has 1 saturated heterocycles. The molecule has 1 aromatic heterocycles. The molecule has 2 amide bonds. The number of hydrogen-bond acceptors (Lipinski definition) is 8. The number of rotatable bonds is 8. The molecule has 1 aliphatic rings. The van der Waals surface area contributed by atoms with Gasteiger partial charge in [0.05, 0.1) is 21.3 Å². The van der Waals surface area contributed by atoms with Crippen molar-refractivity contribution in [2.45, 2.75) is 25.7 Å². The molecule has 34 heavy (non-hydrogen) atoms. The van der Waals surface area contributed by atoms with Gasteiger partial charge in [0.25, 0.3) is 5.91 Å². The van der Waals surface area contributed by atoms with E-state index in [-0.39, 0.29) is 17.7 Å². The minimum absolute atomic E-state index is 0.0486. The van der Waals surface area contributed by atoms with Crippen molar-refractivity contribution in [1.29, 1.82) is 0 Å². The Balaban J connectivity index is 1.46. The van der Waals surface area contributed by atoms with Crippen LogP contribution in [0.25, 0.3) is 0 Å². The van der Waals surface area contributed by atoms with Gasteiger partial charge in [0, 0.05) is 30.1 Å². The molecule has 1 fully saturated rings. The van der Waals surface area contributed by atoms with Gasteiger partial charge in [-0.2, -0.15) is 0 Å². The molecule has 1 aliphatic heterocycles. The zero-order valence-electron chi connectivity index (χ0n) is 19.5. The van der Waals surface area contributed by atoms with Crippen LogP contribution in [0.3, 0.4) is 0 Å². The van der Waals surface area contributed by atoms with Crippen molar-refractivity contribution in [2.75, 3.05) is 38.1 Å². The lowest BCUT2D eigenvalue weighted by Gasteiger charge is -2.16. The van der Waals surface area contributed by atoms with Crippen LogP contribution in [0.4, 0.5) is 10.8 Å². The standard InChI is InChI=1S/C24H26N4O5S/c1-5-14-6-8-17(9-7-14)28-13-16(12-20(28)29)23-26-27-24(34-23)25-22(30)15-10-18(31-2)21(33-4)19(11-15)32-3/h6-11,16H,5,12-13H2,1-4H3,(H,25,27,30)/t16-/m1/s1. The number of carbonyl (C=O) groups is 2. The Morgan fingerprint density at radius 1 is 1.09 bits per heavy atom. The number of aryl methyl sites for hydroxylation is 1. The summed E-state index contributed by atoms with van der Waals surface area (Å²) in [7, 11) is 4.47. The first-order valence-corrected chi connectivity index (χ1v) is 11.6. The Labute approximate surface area is 201 Å². The molecule has 0 radical (unpaired) electrons. The van der Waals surface area contributed by atoms with Gasteiger partial charge >= 0.3 is 0 Å². The number of amides is 2. The topological polar surface area (TPSA) is 103 Å². The fraction of sp³-hybridized carbons (Fsp3) is 0.333. The highest BCUT2D eigenvalue weighted by Crippen LogP contribution is 2.39. The zero-order chi connectivity index (χ0) is 24.2. The second kappa shape index (κ2) is 10.1. The van der Waals surface area contributed by atoms with Gasteiger partial charge in [0.2, 0.25) is 16.8 Å². The van der Waals surface area contributed by atoms with Crippen LogP contribution in [-0.2, 0) is 11.2 Å². The van der Waals surface area contributed by atoms with Crippen molar-refractivity contribution in [1.82, 2.24) is 10.2 Å². The minimum atomic E-state index is -0.387. The summed E-state index contributed by atoms with van der Waals surface area (Å²) in [6, 6.07) is 11.2. The first-order chi connectivity index (χ1) is 16.5. The molecule has 0 saturated carbocycles. The summed E-state index contributed by atoms with van der Waals surface area (Å²) in [5.41, 5.74) is 2.43. The molecule has 1 atom stereocenters. The molecule has 0 spiro atoms. The molecular weight excluding hydrogens is 456 g/mol. The number of benzene rings is 2. The number of hydrogen-bond donors (Lipinski definition) is 1. The average Bonchev–Trinajstić information content (AvgIpc) is 3.49. The van der Waals surface area contributed by atoms with Crippen LogP contribution in [0.15, 0.2) is 36.4 Å². The van der Waals surface area contributed by atoms with E-state index in [9.17, 15) is 9.59 Å². The second-order valence-corrected chi connectivity index (χ2v) is 8.75. The predicted octanol–water partition coefficient (Wildman–Crippen LogP) is 3.90. The molecule has 1 N–H and O–H groups in total. The summed E-state index contributed by atoms with van der Waals surface area (Å²) in [4.78, 5) is 27.2. The highest BCUT2D eigenvalue weighted by Gasteiger charge is 2.34. The van der Waals surface area contributed by atoms with Gasteiger partial charge in [0.1, 0.15) is 5.01 Å². The van der Waals surface area contributed by atoms with Gasteiger partial charge in [-0.15, -0.1) is 10.2 Å². The smallest absolute Gasteiger partial charge is 0.257 e. The number of nitrogens with zero attached hydrogens (tertiary/aromatic N) is 3. The molecule has 9 nitrogen and oxygen atoms in total. The monoisotopic (exact) mass is 482 g/mol. The molecular formula is C24H26N4O5S. The van der Waals surface area contributed by atoms with E-state index < -0.39 is 0 Å². The fourth-order valence-electron chi connectivity index (χ4n) is 3.87. The van der Waals surface area contributed by atoms with Gasteiger partial charge in [-0.1, -0.05) is 30.4 Å². The lowest BCUT2D eigenvalue weighted by atomic mass is 10.1. The van der Waals surface area contributed by atoms with E-state index in [0.717, 1.165) is 12.1 Å². The number of nitrogens with one attached hydrogen (secondary N) is 1. The van der Waals surface area contributed by atoms with Crippen LogP contribution in [0.1, 0.15) is 40.2 Å². The molecule has 4 rings (SSSR count). The Hall–Kier alpha value is -3.66.